The lowest BCUT2D eigenvalue weighted by molar-refractivity contribution is -0.129. The molecule has 0 bridgehead atoms. The third-order valence-electron chi connectivity index (χ3n) is 9.24. The van der Waals surface area contributed by atoms with Gasteiger partial charge in [-0.2, -0.15) is 0 Å². The van der Waals surface area contributed by atoms with Crippen LogP contribution in [0.2, 0.25) is 0 Å². The fraction of sp³-hybridized carbons (Fsp3) is 0.923. The molecule has 6 nitrogen and oxygen atoms in total. The van der Waals surface area contributed by atoms with Crippen molar-refractivity contribution < 1.29 is 9.59 Å². The summed E-state index contributed by atoms with van der Waals surface area (Å²) in [5.74, 6) is 0.0377. The Hall–Kier alpha value is -1.30. The molecule has 274 valence electrons. The predicted octanol–water partition coefficient (Wildman–Crippen LogP) is 11.1. The Balaban J connectivity index is 0. The third-order valence-corrected chi connectivity index (χ3v) is 9.24. The molecule has 0 aliphatic carbocycles. The predicted molar refractivity (Wildman–Crippen MR) is 204 cm³/mol. The minimum absolute atomic E-state index is 0. The van der Waals surface area contributed by atoms with Gasteiger partial charge in [0.1, 0.15) is 5.78 Å². The molecule has 0 saturated heterocycles. The highest BCUT2D eigenvalue weighted by Gasteiger charge is 2.21. The highest BCUT2D eigenvalue weighted by molar-refractivity contribution is 5.86. The van der Waals surface area contributed by atoms with Gasteiger partial charge in [-0.15, -0.1) is 12.4 Å². The van der Waals surface area contributed by atoms with Crippen molar-refractivity contribution in [2.45, 2.75) is 213 Å². The minimum Gasteiger partial charge on any atom is -0.370 e. The van der Waals surface area contributed by atoms with Gasteiger partial charge in [-0.3, -0.25) is 14.6 Å². The number of carbonyl (C=O) groups is 2. The van der Waals surface area contributed by atoms with Crippen molar-refractivity contribution in [1.82, 2.24) is 5.32 Å². The zero-order chi connectivity index (χ0) is 33.1. The highest BCUT2D eigenvalue weighted by Crippen LogP contribution is 2.18. The van der Waals surface area contributed by atoms with Crippen LogP contribution in [-0.4, -0.2) is 30.7 Å². The Morgan fingerprint density at radius 1 is 0.543 bits per heavy atom. The number of ketones is 1. The maximum Gasteiger partial charge on any atom is 0.223 e. The van der Waals surface area contributed by atoms with E-state index in [4.69, 9.17) is 11.5 Å². The number of amides is 1. The summed E-state index contributed by atoms with van der Waals surface area (Å²) in [6, 6.07) is 0. The average Bonchev–Trinajstić information content (AvgIpc) is 3.02. The van der Waals surface area contributed by atoms with Gasteiger partial charge in [-0.1, -0.05) is 174 Å². The van der Waals surface area contributed by atoms with Crippen LogP contribution < -0.4 is 16.8 Å². The lowest BCUT2D eigenvalue weighted by atomic mass is 9.93. The first-order valence-electron chi connectivity index (χ1n) is 19.9. The lowest BCUT2D eigenvalue weighted by Crippen LogP contribution is -2.33. The van der Waals surface area contributed by atoms with Gasteiger partial charge in [0.25, 0.3) is 0 Å². The summed E-state index contributed by atoms with van der Waals surface area (Å²) in [5.41, 5.74) is 10.9. The van der Waals surface area contributed by atoms with Crippen LogP contribution in [0.4, 0.5) is 0 Å². The van der Waals surface area contributed by atoms with Crippen LogP contribution in [0.25, 0.3) is 0 Å². The Labute approximate surface area is 292 Å². The first-order valence-corrected chi connectivity index (χ1v) is 19.9. The molecule has 0 radical (unpaired) electrons. The van der Waals surface area contributed by atoms with Crippen molar-refractivity contribution in [2.75, 3.05) is 13.1 Å². The molecule has 0 aliphatic heterocycles. The molecule has 7 heteroatoms. The van der Waals surface area contributed by atoms with Crippen molar-refractivity contribution >= 4 is 30.1 Å². The summed E-state index contributed by atoms with van der Waals surface area (Å²) in [6.45, 7) is 5.74. The lowest BCUT2D eigenvalue weighted by Gasteiger charge is -2.16. The number of unbranched alkanes of at least 4 members (excludes halogenated alkanes) is 25. The zero-order valence-corrected chi connectivity index (χ0v) is 31.6. The van der Waals surface area contributed by atoms with Crippen LogP contribution in [0.1, 0.15) is 213 Å². The van der Waals surface area contributed by atoms with E-state index in [1.54, 1.807) is 0 Å². The van der Waals surface area contributed by atoms with Crippen molar-refractivity contribution in [3.63, 3.8) is 0 Å². The second-order valence-corrected chi connectivity index (χ2v) is 13.8. The van der Waals surface area contributed by atoms with E-state index in [0.29, 0.717) is 38.8 Å². The van der Waals surface area contributed by atoms with Gasteiger partial charge in [0.05, 0.1) is 0 Å². The Morgan fingerprint density at radius 2 is 0.913 bits per heavy atom. The van der Waals surface area contributed by atoms with Crippen molar-refractivity contribution in [1.29, 1.82) is 0 Å². The van der Waals surface area contributed by atoms with Crippen molar-refractivity contribution in [2.24, 2.45) is 22.4 Å². The molecule has 0 aromatic heterocycles. The van der Waals surface area contributed by atoms with E-state index in [1.165, 1.54) is 148 Å². The van der Waals surface area contributed by atoms with E-state index in [9.17, 15) is 9.59 Å². The molecular weight excluding hydrogens is 592 g/mol. The Kier molecular flexibility index (Phi) is 38.8. The van der Waals surface area contributed by atoms with Crippen LogP contribution in [0.15, 0.2) is 4.99 Å². The fourth-order valence-corrected chi connectivity index (χ4v) is 6.26. The molecule has 0 aliphatic rings. The summed E-state index contributed by atoms with van der Waals surface area (Å²) < 4.78 is 0. The van der Waals surface area contributed by atoms with Crippen LogP contribution >= 0.6 is 12.4 Å². The van der Waals surface area contributed by atoms with E-state index >= 15 is 0 Å². The number of halogens is 1. The number of Topliss-reactive ketones (excluding diaryl/α,β-unsaturated/α-hetero) is 1. The van der Waals surface area contributed by atoms with E-state index in [0.717, 1.165) is 25.7 Å². The fourth-order valence-electron chi connectivity index (χ4n) is 6.26. The van der Waals surface area contributed by atoms with E-state index in [2.05, 4.69) is 24.2 Å². The second-order valence-electron chi connectivity index (χ2n) is 13.8. The van der Waals surface area contributed by atoms with Crippen molar-refractivity contribution in [3.8, 4) is 0 Å². The molecule has 0 aromatic carbocycles. The molecule has 5 N–H and O–H groups in total. The smallest absolute Gasteiger partial charge is 0.223 e. The summed E-state index contributed by atoms with van der Waals surface area (Å²) in [4.78, 5) is 29.8. The number of nitrogens with zero attached hydrogens (tertiary/aromatic N) is 1. The van der Waals surface area contributed by atoms with Gasteiger partial charge in [-0.05, 0) is 25.7 Å². The quantitative estimate of drug-likeness (QED) is 0.0350. The first kappa shape index (κ1) is 46.8. The number of aliphatic imine (C=N–C) groups is 1. The normalized spacial score (nSPS) is 11.6. The Morgan fingerprint density at radius 3 is 1.30 bits per heavy atom. The third kappa shape index (κ3) is 35.6. The molecule has 0 unspecified atom stereocenters. The number of rotatable bonds is 36. The highest BCUT2D eigenvalue weighted by atomic mass is 35.5. The SMILES string of the molecule is CCCCCCCCCCCCCCCCCCCC(=O)C[C@@H](CCCN=C(N)N)C(=O)NCCCCCCCCCCCC.Cl. The first-order chi connectivity index (χ1) is 22.0. The number of nitrogens with two attached hydrogens (primary N) is 2. The zero-order valence-electron chi connectivity index (χ0n) is 30.7. The van der Waals surface area contributed by atoms with Gasteiger partial charge in [0.2, 0.25) is 5.91 Å². The molecule has 0 heterocycles. The van der Waals surface area contributed by atoms with E-state index in [-0.39, 0.29) is 36.0 Å². The maximum absolute atomic E-state index is 13.0. The molecule has 0 saturated carbocycles. The van der Waals surface area contributed by atoms with Gasteiger partial charge >= 0.3 is 0 Å². The molecule has 0 spiro atoms. The Bertz CT molecular complexity index is 685. The standard InChI is InChI=1S/C39H78N4O2.ClH/c1-3-5-7-9-11-13-15-16-17-18-19-20-21-22-24-26-28-32-37(44)35-36(31-30-34-43-39(40)41)38(45)42-33-29-27-25-23-14-12-10-8-6-4-2;/h36H,3-35H2,1-2H3,(H,42,45)(H4,40,41,43);1H/t36-;/m1./s1. The average molecular weight is 672 g/mol. The molecule has 0 rings (SSSR count). The topological polar surface area (TPSA) is 111 Å². The molecule has 0 aromatic rings. The van der Waals surface area contributed by atoms with Gasteiger partial charge < -0.3 is 16.8 Å². The number of nitrogens with one attached hydrogen (secondary N) is 1. The number of hydrogen-bond donors (Lipinski definition) is 3. The molecule has 46 heavy (non-hydrogen) atoms. The van der Waals surface area contributed by atoms with Crippen LogP contribution in [0, 0.1) is 5.92 Å². The maximum atomic E-state index is 13.0. The number of guanidine groups is 1. The van der Waals surface area contributed by atoms with Crippen LogP contribution in [0.3, 0.4) is 0 Å². The summed E-state index contributed by atoms with van der Waals surface area (Å²) >= 11 is 0. The van der Waals surface area contributed by atoms with E-state index in [1.807, 2.05) is 0 Å². The van der Waals surface area contributed by atoms with E-state index < -0.39 is 0 Å². The minimum atomic E-state index is -0.277. The second kappa shape index (κ2) is 38.2. The van der Waals surface area contributed by atoms with Crippen LogP contribution in [-0.2, 0) is 9.59 Å². The summed E-state index contributed by atoms with van der Waals surface area (Å²) in [5, 5.41) is 3.11. The van der Waals surface area contributed by atoms with Crippen LogP contribution in [0.5, 0.6) is 0 Å². The monoisotopic (exact) mass is 671 g/mol. The molecular formula is C39H79ClN4O2. The largest absolute Gasteiger partial charge is 0.370 e. The van der Waals surface area contributed by atoms with Crippen molar-refractivity contribution in [3.05, 3.63) is 0 Å². The van der Waals surface area contributed by atoms with Gasteiger partial charge in [-0.25, -0.2) is 0 Å². The number of carbonyl (C=O) groups excluding carboxylic acids is 2. The van der Waals surface area contributed by atoms with Gasteiger partial charge in [0, 0.05) is 31.8 Å². The number of hydrogen-bond acceptors (Lipinski definition) is 3. The van der Waals surface area contributed by atoms with Gasteiger partial charge in [0.15, 0.2) is 5.96 Å². The summed E-state index contributed by atoms with van der Waals surface area (Å²) in [7, 11) is 0. The summed E-state index contributed by atoms with van der Waals surface area (Å²) in [6.07, 6.45) is 37.8. The molecule has 1 atom stereocenters. The molecule has 0 fully saturated rings. The molecule has 1 amide bonds.